The molecule has 0 fully saturated rings. The molecule has 0 aliphatic rings. The average molecular weight is 411 g/mol. The number of hydrogen-bond donors (Lipinski definition) is 0. The average Bonchev–Trinajstić information content (AvgIpc) is 2.71. The van der Waals surface area contributed by atoms with Crippen LogP contribution in [0.5, 0.6) is 0 Å². The second kappa shape index (κ2) is 21.8. The van der Waals surface area contributed by atoms with E-state index in [4.69, 9.17) is 4.74 Å². The molecule has 0 amide bonds. The largest absolute Gasteiger partial charge is 0.393 e. The van der Waals surface area contributed by atoms with E-state index in [1.807, 2.05) is 0 Å². The highest BCUT2D eigenvalue weighted by atomic mass is 16.6. The van der Waals surface area contributed by atoms with Crippen LogP contribution in [0.2, 0.25) is 0 Å². The summed E-state index contributed by atoms with van der Waals surface area (Å²) < 4.78 is 5.20. The maximum Gasteiger partial charge on any atom is 0.316 e. The highest BCUT2D eigenvalue weighted by molar-refractivity contribution is 5.86. The van der Waals surface area contributed by atoms with E-state index in [2.05, 4.69) is 20.8 Å². The van der Waals surface area contributed by atoms with Gasteiger partial charge in [-0.1, -0.05) is 124 Å². The van der Waals surface area contributed by atoms with Gasteiger partial charge in [0.25, 0.3) is 0 Å². The van der Waals surface area contributed by atoms with E-state index in [1.165, 1.54) is 77.0 Å². The van der Waals surface area contributed by atoms with E-state index < -0.39 is 0 Å². The molecule has 1 unspecified atom stereocenters. The summed E-state index contributed by atoms with van der Waals surface area (Å²) in [7, 11) is 0. The molecule has 0 aromatic rings. The van der Waals surface area contributed by atoms with Crippen molar-refractivity contribution in [2.24, 2.45) is 5.92 Å². The normalized spacial score (nSPS) is 12.1. The minimum absolute atomic E-state index is 0.0867. The second-order valence-corrected chi connectivity index (χ2v) is 8.77. The van der Waals surface area contributed by atoms with Gasteiger partial charge in [0, 0.05) is 6.42 Å². The lowest BCUT2D eigenvalue weighted by Crippen LogP contribution is -2.21. The summed E-state index contributed by atoms with van der Waals surface area (Å²) in [6, 6.07) is 0. The molecule has 1 atom stereocenters. The quantitative estimate of drug-likeness (QED) is 0.108. The Morgan fingerprint density at radius 3 is 1.38 bits per heavy atom. The number of esters is 2. The van der Waals surface area contributed by atoms with Gasteiger partial charge >= 0.3 is 11.9 Å². The molecule has 0 aliphatic heterocycles. The highest BCUT2D eigenvalue weighted by Crippen LogP contribution is 2.21. The van der Waals surface area contributed by atoms with Gasteiger partial charge in [-0.2, -0.15) is 0 Å². The van der Waals surface area contributed by atoms with Crippen LogP contribution < -0.4 is 0 Å². The zero-order valence-corrected chi connectivity index (χ0v) is 19.9. The molecule has 0 saturated heterocycles. The third-order valence-electron chi connectivity index (χ3n) is 5.84. The SMILES string of the molecule is CCCCCCCCCCC(CCCCCCCC)C(=O)OC(=O)CCCCC. The lowest BCUT2D eigenvalue weighted by molar-refractivity contribution is -0.163. The van der Waals surface area contributed by atoms with Gasteiger partial charge in [-0.15, -0.1) is 0 Å². The fourth-order valence-electron chi connectivity index (χ4n) is 3.84. The van der Waals surface area contributed by atoms with Crippen molar-refractivity contribution in [2.45, 2.75) is 149 Å². The van der Waals surface area contributed by atoms with Crippen LogP contribution in [0.25, 0.3) is 0 Å². The highest BCUT2D eigenvalue weighted by Gasteiger charge is 2.22. The minimum atomic E-state index is -0.327. The lowest BCUT2D eigenvalue weighted by Gasteiger charge is -2.15. The third-order valence-corrected chi connectivity index (χ3v) is 5.84. The predicted octanol–water partition coefficient (Wildman–Crippen LogP) is 8.53. The first kappa shape index (κ1) is 28.1. The molecule has 0 bridgehead atoms. The van der Waals surface area contributed by atoms with Crippen molar-refractivity contribution in [3.63, 3.8) is 0 Å². The summed E-state index contributed by atoms with van der Waals surface area (Å²) in [5, 5.41) is 0. The van der Waals surface area contributed by atoms with Crippen LogP contribution >= 0.6 is 0 Å². The van der Waals surface area contributed by atoms with E-state index in [0.717, 1.165) is 44.9 Å². The molecule has 3 nitrogen and oxygen atoms in total. The van der Waals surface area contributed by atoms with Gasteiger partial charge < -0.3 is 4.74 Å². The Kier molecular flexibility index (Phi) is 21.2. The molecule has 0 aromatic heterocycles. The second-order valence-electron chi connectivity index (χ2n) is 8.77. The number of carbonyl (C=O) groups excluding carboxylic acids is 2. The molecule has 0 aliphatic carbocycles. The molecule has 172 valence electrons. The van der Waals surface area contributed by atoms with Crippen LogP contribution in [0.15, 0.2) is 0 Å². The fraction of sp³-hybridized carbons (Fsp3) is 0.923. The van der Waals surface area contributed by atoms with Crippen LogP contribution in [0.3, 0.4) is 0 Å². The smallest absolute Gasteiger partial charge is 0.316 e. The molecule has 0 N–H and O–H groups in total. The molecule has 3 heteroatoms. The van der Waals surface area contributed by atoms with Gasteiger partial charge in [-0.3, -0.25) is 9.59 Å². The first-order valence-electron chi connectivity index (χ1n) is 12.9. The number of rotatable bonds is 21. The first-order valence-corrected chi connectivity index (χ1v) is 12.9. The van der Waals surface area contributed by atoms with E-state index in [9.17, 15) is 9.59 Å². The number of carbonyl (C=O) groups is 2. The van der Waals surface area contributed by atoms with Gasteiger partial charge in [0.2, 0.25) is 0 Å². The predicted molar refractivity (Wildman–Crippen MR) is 124 cm³/mol. The Morgan fingerprint density at radius 2 is 0.931 bits per heavy atom. The van der Waals surface area contributed by atoms with Crippen molar-refractivity contribution >= 4 is 11.9 Å². The Bertz CT molecular complexity index is 378. The molecule has 0 radical (unpaired) electrons. The molecule has 0 rings (SSSR count). The van der Waals surface area contributed by atoms with Gasteiger partial charge in [0.15, 0.2) is 0 Å². The van der Waals surface area contributed by atoms with Crippen molar-refractivity contribution in [3.05, 3.63) is 0 Å². The summed E-state index contributed by atoms with van der Waals surface area (Å²) >= 11 is 0. The topological polar surface area (TPSA) is 43.4 Å². The van der Waals surface area contributed by atoms with Crippen molar-refractivity contribution in [3.8, 4) is 0 Å². The molecular weight excluding hydrogens is 360 g/mol. The third kappa shape index (κ3) is 18.9. The van der Waals surface area contributed by atoms with Crippen LogP contribution in [-0.2, 0) is 14.3 Å². The molecule has 0 saturated carbocycles. The summed E-state index contributed by atoms with van der Waals surface area (Å²) in [4.78, 5) is 24.5. The monoisotopic (exact) mass is 410 g/mol. The van der Waals surface area contributed by atoms with Crippen LogP contribution in [0.1, 0.15) is 149 Å². The molecule has 0 aromatic carbocycles. The summed E-state index contributed by atoms with van der Waals surface area (Å²) in [5.74, 6) is -0.674. The van der Waals surface area contributed by atoms with Gasteiger partial charge in [-0.05, 0) is 19.3 Å². The van der Waals surface area contributed by atoms with E-state index >= 15 is 0 Å². The molecule has 0 spiro atoms. The van der Waals surface area contributed by atoms with Crippen molar-refractivity contribution in [1.82, 2.24) is 0 Å². The standard InChI is InChI=1S/C26H50O3/c1-4-7-10-12-14-15-17-20-22-24(21-19-16-13-11-8-5-2)26(28)29-25(27)23-18-9-6-3/h24H,4-23H2,1-3H3. The van der Waals surface area contributed by atoms with Gasteiger partial charge in [0.1, 0.15) is 0 Å². The number of hydrogen-bond acceptors (Lipinski definition) is 3. The Morgan fingerprint density at radius 1 is 0.552 bits per heavy atom. The first-order chi connectivity index (χ1) is 14.2. The van der Waals surface area contributed by atoms with Crippen molar-refractivity contribution < 1.29 is 14.3 Å². The number of ether oxygens (including phenoxy) is 1. The van der Waals surface area contributed by atoms with E-state index in [1.54, 1.807) is 0 Å². The summed E-state index contributed by atoms with van der Waals surface area (Å²) in [6.07, 6.45) is 22.6. The minimum Gasteiger partial charge on any atom is -0.393 e. The lowest BCUT2D eigenvalue weighted by atomic mass is 9.94. The van der Waals surface area contributed by atoms with E-state index in [0.29, 0.717) is 6.42 Å². The van der Waals surface area contributed by atoms with Crippen LogP contribution in [-0.4, -0.2) is 11.9 Å². The maximum atomic E-state index is 12.5. The van der Waals surface area contributed by atoms with E-state index in [-0.39, 0.29) is 17.9 Å². The zero-order valence-electron chi connectivity index (χ0n) is 19.9. The maximum absolute atomic E-state index is 12.5. The molecule has 29 heavy (non-hydrogen) atoms. The fourth-order valence-corrected chi connectivity index (χ4v) is 3.84. The molecule has 0 heterocycles. The van der Waals surface area contributed by atoms with Crippen LogP contribution in [0, 0.1) is 5.92 Å². The Hall–Kier alpha value is -0.860. The Balaban J connectivity index is 4.19. The van der Waals surface area contributed by atoms with Crippen LogP contribution in [0.4, 0.5) is 0 Å². The Labute approximate surface area is 181 Å². The van der Waals surface area contributed by atoms with Crippen molar-refractivity contribution in [2.75, 3.05) is 0 Å². The zero-order chi connectivity index (χ0) is 21.6. The van der Waals surface area contributed by atoms with Gasteiger partial charge in [-0.25, -0.2) is 0 Å². The summed E-state index contributed by atoms with van der Waals surface area (Å²) in [5.41, 5.74) is 0. The van der Waals surface area contributed by atoms with Crippen molar-refractivity contribution in [1.29, 1.82) is 0 Å². The summed E-state index contributed by atoms with van der Waals surface area (Å²) in [6.45, 7) is 6.59. The molecular formula is C26H50O3. The van der Waals surface area contributed by atoms with Gasteiger partial charge in [0.05, 0.1) is 5.92 Å². The number of unbranched alkanes of at least 4 members (excludes halogenated alkanes) is 14.